The van der Waals surface area contributed by atoms with E-state index in [1.807, 2.05) is 11.3 Å². The lowest BCUT2D eigenvalue weighted by Crippen LogP contribution is -2.13. The fourth-order valence-electron chi connectivity index (χ4n) is 2.61. The average Bonchev–Trinajstić information content (AvgIpc) is 3.03. The highest BCUT2D eigenvalue weighted by Gasteiger charge is 2.33. The van der Waals surface area contributed by atoms with Gasteiger partial charge >= 0.3 is 0 Å². The van der Waals surface area contributed by atoms with Gasteiger partial charge in [-0.05, 0) is 67.3 Å². The number of aryl methyl sites for hydroxylation is 2. The highest BCUT2D eigenvalue weighted by atomic mass is 79.9. The van der Waals surface area contributed by atoms with Gasteiger partial charge in [-0.15, -0.1) is 11.3 Å². The van der Waals surface area contributed by atoms with E-state index in [1.54, 1.807) is 0 Å². The van der Waals surface area contributed by atoms with Gasteiger partial charge in [0.1, 0.15) is 0 Å². The van der Waals surface area contributed by atoms with E-state index < -0.39 is 0 Å². The van der Waals surface area contributed by atoms with Gasteiger partial charge in [-0.25, -0.2) is 0 Å². The minimum Gasteiger partial charge on any atom is -0.377 e. The molecule has 0 aliphatic heterocycles. The first-order chi connectivity index (χ1) is 9.15. The molecular formula is C16H18BrNS. The van der Waals surface area contributed by atoms with Crippen molar-refractivity contribution >= 4 is 33.0 Å². The summed E-state index contributed by atoms with van der Waals surface area (Å²) in [6.07, 6.45) is 2.70. The maximum atomic E-state index is 3.80. The zero-order valence-electron chi connectivity index (χ0n) is 11.2. The number of hydrogen-bond acceptors (Lipinski definition) is 2. The van der Waals surface area contributed by atoms with Crippen molar-refractivity contribution < 1.29 is 0 Å². The second-order valence-corrected chi connectivity index (χ2v) is 7.28. The first kappa shape index (κ1) is 13.2. The summed E-state index contributed by atoms with van der Waals surface area (Å²) in [4.78, 5) is 1.46. The van der Waals surface area contributed by atoms with Gasteiger partial charge in [-0.2, -0.15) is 0 Å². The zero-order valence-corrected chi connectivity index (χ0v) is 13.6. The van der Waals surface area contributed by atoms with Gasteiger partial charge in [0.05, 0.1) is 6.04 Å². The van der Waals surface area contributed by atoms with Gasteiger partial charge in [0.25, 0.3) is 0 Å². The second kappa shape index (κ2) is 5.29. The Kier molecular flexibility index (Phi) is 3.68. The SMILES string of the molecule is Cc1cc(Br)cc(C)c1NC(c1cccs1)C1CC1. The fourth-order valence-corrected chi connectivity index (χ4v) is 4.17. The third-order valence-electron chi connectivity index (χ3n) is 3.74. The predicted molar refractivity (Wildman–Crippen MR) is 87.0 cm³/mol. The fraction of sp³-hybridized carbons (Fsp3) is 0.375. The molecule has 1 unspecified atom stereocenters. The van der Waals surface area contributed by atoms with Crippen molar-refractivity contribution in [1.82, 2.24) is 0 Å². The lowest BCUT2D eigenvalue weighted by molar-refractivity contribution is 0.689. The van der Waals surface area contributed by atoms with Crippen LogP contribution in [-0.2, 0) is 0 Å². The van der Waals surface area contributed by atoms with Crippen molar-refractivity contribution in [2.45, 2.75) is 32.7 Å². The van der Waals surface area contributed by atoms with E-state index >= 15 is 0 Å². The van der Waals surface area contributed by atoms with Crippen LogP contribution in [0.2, 0.25) is 0 Å². The zero-order chi connectivity index (χ0) is 13.4. The van der Waals surface area contributed by atoms with E-state index in [2.05, 4.69) is 64.7 Å². The largest absolute Gasteiger partial charge is 0.377 e. The molecule has 0 amide bonds. The molecule has 0 saturated heterocycles. The predicted octanol–water partition coefficient (Wildman–Crippen LogP) is 5.69. The molecular weight excluding hydrogens is 318 g/mol. The summed E-state index contributed by atoms with van der Waals surface area (Å²) in [5.74, 6) is 0.807. The van der Waals surface area contributed by atoms with Crippen molar-refractivity contribution in [3.8, 4) is 0 Å². The molecule has 1 aliphatic rings. The molecule has 2 aromatic rings. The first-order valence-corrected chi connectivity index (χ1v) is 8.39. The number of hydrogen-bond donors (Lipinski definition) is 1. The standard InChI is InChI=1S/C16H18BrNS/c1-10-8-13(17)9-11(2)15(10)18-16(12-5-6-12)14-4-3-7-19-14/h3-4,7-9,12,16,18H,5-6H2,1-2H3. The minimum absolute atomic E-state index is 0.485. The van der Waals surface area contributed by atoms with Crippen LogP contribution in [0, 0.1) is 19.8 Å². The van der Waals surface area contributed by atoms with E-state index in [-0.39, 0.29) is 0 Å². The molecule has 1 nitrogen and oxygen atoms in total. The minimum atomic E-state index is 0.485. The van der Waals surface area contributed by atoms with Crippen LogP contribution in [0.4, 0.5) is 5.69 Å². The summed E-state index contributed by atoms with van der Waals surface area (Å²) in [6.45, 7) is 4.36. The molecule has 19 heavy (non-hydrogen) atoms. The molecule has 1 atom stereocenters. The summed E-state index contributed by atoms with van der Waals surface area (Å²) in [7, 11) is 0. The highest BCUT2D eigenvalue weighted by Crippen LogP contribution is 2.45. The summed E-state index contributed by atoms with van der Waals surface area (Å²) >= 11 is 5.43. The Morgan fingerprint density at radius 1 is 1.26 bits per heavy atom. The van der Waals surface area contributed by atoms with Crippen LogP contribution in [0.5, 0.6) is 0 Å². The molecule has 1 heterocycles. The molecule has 1 fully saturated rings. The molecule has 3 heteroatoms. The Labute approximate surface area is 127 Å². The summed E-state index contributed by atoms with van der Waals surface area (Å²) < 4.78 is 1.16. The number of rotatable bonds is 4. The van der Waals surface area contributed by atoms with Crippen LogP contribution in [0.15, 0.2) is 34.1 Å². The summed E-state index contributed by atoms with van der Waals surface area (Å²) in [5.41, 5.74) is 3.93. The number of halogens is 1. The van der Waals surface area contributed by atoms with Gasteiger partial charge in [0.2, 0.25) is 0 Å². The number of nitrogens with one attached hydrogen (secondary N) is 1. The Morgan fingerprint density at radius 2 is 1.95 bits per heavy atom. The van der Waals surface area contributed by atoms with Crippen LogP contribution in [0.25, 0.3) is 0 Å². The number of anilines is 1. The van der Waals surface area contributed by atoms with Crippen LogP contribution in [0.3, 0.4) is 0 Å². The summed E-state index contributed by atoms with van der Waals surface area (Å²) in [5, 5.41) is 5.97. The molecule has 1 aromatic carbocycles. The molecule has 0 spiro atoms. The molecule has 1 aromatic heterocycles. The van der Waals surface area contributed by atoms with Crippen molar-refractivity contribution in [3.05, 3.63) is 50.1 Å². The third-order valence-corrected chi connectivity index (χ3v) is 5.15. The highest BCUT2D eigenvalue weighted by molar-refractivity contribution is 9.10. The molecule has 3 rings (SSSR count). The topological polar surface area (TPSA) is 12.0 Å². The van der Waals surface area contributed by atoms with E-state index in [0.717, 1.165) is 10.4 Å². The van der Waals surface area contributed by atoms with Crippen molar-refractivity contribution in [3.63, 3.8) is 0 Å². The Hall–Kier alpha value is -0.800. The second-order valence-electron chi connectivity index (χ2n) is 5.39. The van der Waals surface area contributed by atoms with E-state index in [0.29, 0.717) is 6.04 Å². The quantitative estimate of drug-likeness (QED) is 0.756. The number of benzene rings is 1. The smallest absolute Gasteiger partial charge is 0.0634 e. The third kappa shape index (κ3) is 2.87. The Morgan fingerprint density at radius 3 is 2.47 bits per heavy atom. The molecule has 100 valence electrons. The lowest BCUT2D eigenvalue weighted by Gasteiger charge is -2.22. The van der Waals surface area contributed by atoms with Crippen molar-refractivity contribution in [1.29, 1.82) is 0 Å². The number of thiophene rings is 1. The van der Waals surface area contributed by atoms with Crippen molar-refractivity contribution in [2.75, 3.05) is 5.32 Å². The summed E-state index contributed by atoms with van der Waals surface area (Å²) in [6, 6.07) is 9.27. The lowest BCUT2D eigenvalue weighted by atomic mass is 10.1. The van der Waals surface area contributed by atoms with Crippen LogP contribution < -0.4 is 5.32 Å². The Bertz CT molecular complexity index is 549. The molecule has 0 bridgehead atoms. The van der Waals surface area contributed by atoms with Crippen LogP contribution in [0.1, 0.15) is 34.9 Å². The maximum absolute atomic E-state index is 3.80. The monoisotopic (exact) mass is 335 g/mol. The normalized spacial score (nSPS) is 16.4. The van der Waals surface area contributed by atoms with Gasteiger partial charge < -0.3 is 5.32 Å². The van der Waals surface area contributed by atoms with Crippen LogP contribution >= 0.6 is 27.3 Å². The van der Waals surface area contributed by atoms with E-state index in [1.165, 1.54) is 34.5 Å². The Balaban J connectivity index is 1.91. The van der Waals surface area contributed by atoms with E-state index in [9.17, 15) is 0 Å². The maximum Gasteiger partial charge on any atom is 0.0634 e. The van der Waals surface area contributed by atoms with Gasteiger partial charge in [0.15, 0.2) is 0 Å². The first-order valence-electron chi connectivity index (χ1n) is 6.72. The van der Waals surface area contributed by atoms with Gasteiger partial charge in [-0.3, -0.25) is 0 Å². The molecule has 1 N–H and O–H groups in total. The van der Waals surface area contributed by atoms with Crippen molar-refractivity contribution in [2.24, 2.45) is 5.92 Å². The van der Waals surface area contributed by atoms with E-state index in [4.69, 9.17) is 0 Å². The van der Waals surface area contributed by atoms with Crippen LogP contribution in [-0.4, -0.2) is 0 Å². The molecule has 0 radical (unpaired) electrons. The van der Waals surface area contributed by atoms with Gasteiger partial charge in [-0.1, -0.05) is 22.0 Å². The molecule has 1 saturated carbocycles. The average molecular weight is 336 g/mol. The molecule has 1 aliphatic carbocycles. The van der Waals surface area contributed by atoms with Gasteiger partial charge in [0, 0.05) is 15.0 Å².